The molecule has 0 spiro atoms. The Morgan fingerprint density at radius 2 is 1.69 bits per heavy atom. The highest BCUT2D eigenvalue weighted by Gasteiger charge is 2.38. The third kappa shape index (κ3) is 4.11. The van der Waals surface area contributed by atoms with Crippen molar-refractivity contribution in [3.8, 4) is 0 Å². The van der Waals surface area contributed by atoms with Crippen LogP contribution in [-0.4, -0.2) is 41.9 Å². The largest absolute Gasteiger partial charge is 0.369 e. The maximum absolute atomic E-state index is 12.8. The van der Waals surface area contributed by atoms with Crippen LogP contribution < -0.4 is 5.32 Å². The maximum atomic E-state index is 12.8. The summed E-state index contributed by atoms with van der Waals surface area (Å²) in [5.74, 6) is -0.354. The van der Waals surface area contributed by atoms with E-state index in [0.717, 1.165) is 5.56 Å². The third-order valence-electron chi connectivity index (χ3n) is 4.63. The summed E-state index contributed by atoms with van der Waals surface area (Å²) in [7, 11) is 0. The van der Waals surface area contributed by atoms with Crippen LogP contribution in [0.1, 0.15) is 35.9 Å². The summed E-state index contributed by atoms with van der Waals surface area (Å²) in [5, 5.41) is 2.72. The van der Waals surface area contributed by atoms with E-state index in [1.807, 2.05) is 50.2 Å². The molecule has 5 heteroatoms. The number of rotatable bonds is 4. The number of morpholine rings is 1. The molecule has 1 aliphatic heterocycles. The summed E-state index contributed by atoms with van der Waals surface area (Å²) in [6, 6.07) is 18.8. The summed E-state index contributed by atoms with van der Waals surface area (Å²) in [6.07, 6.45) is -0.155. The van der Waals surface area contributed by atoms with Crippen molar-refractivity contribution in [3.63, 3.8) is 0 Å². The SMILES string of the molecule is CC1(C)COC(c2ccccc2)CN1C(=O)CNC(=O)c1ccccc1. The molecule has 1 fully saturated rings. The van der Waals surface area contributed by atoms with Crippen LogP contribution in [0.15, 0.2) is 60.7 Å². The lowest BCUT2D eigenvalue weighted by molar-refractivity contribution is -0.153. The predicted octanol–water partition coefficient (Wildman–Crippen LogP) is 2.80. The van der Waals surface area contributed by atoms with E-state index in [0.29, 0.717) is 18.7 Å². The molecule has 2 aromatic rings. The standard InChI is InChI=1S/C21H24N2O3/c1-21(2)15-26-18(16-9-5-3-6-10-16)14-23(21)19(24)13-22-20(25)17-11-7-4-8-12-17/h3-12,18H,13-15H2,1-2H3,(H,22,25). The number of ether oxygens (including phenoxy) is 1. The second kappa shape index (κ2) is 7.70. The maximum Gasteiger partial charge on any atom is 0.251 e. The first-order chi connectivity index (χ1) is 12.5. The minimum atomic E-state index is -0.417. The summed E-state index contributed by atoms with van der Waals surface area (Å²) in [4.78, 5) is 26.8. The third-order valence-corrected chi connectivity index (χ3v) is 4.63. The van der Waals surface area contributed by atoms with Gasteiger partial charge in [-0.05, 0) is 31.5 Å². The summed E-state index contributed by atoms with van der Waals surface area (Å²) >= 11 is 0. The zero-order valence-electron chi connectivity index (χ0n) is 15.1. The van der Waals surface area contributed by atoms with Crippen molar-refractivity contribution in [2.45, 2.75) is 25.5 Å². The average Bonchev–Trinajstić information content (AvgIpc) is 2.67. The molecule has 1 atom stereocenters. The second-order valence-corrected chi connectivity index (χ2v) is 7.08. The predicted molar refractivity (Wildman–Crippen MR) is 99.7 cm³/mol. The molecule has 1 saturated heterocycles. The fraction of sp³-hybridized carbons (Fsp3) is 0.333. The molecule has 1 heterocycles. The highest BCUT2D eigenvalue weighted by Crippen LogP contribution is 2.30. The number of hydrogen-bond donors (Lipinski definition) is 1. The van der Waals surface area contributed by atoms with Crippen molar-refractivity contribution in [1.29, 1.82) is 0 Å². The number of carbonyl (C=O) groups excluding carboxylic acids is 2. The number of benzene rings is 2. The van der Waals surface area contributed by atoms with Gasteiger partial charge in [-0.1, -0.05) is 48.5 Å². The molecule has 136 valence electrons. The molecule has 1 N–H and O–H groups in total. The van der Waals surface area contributed by atoms with Gasteiger partial charge in [-0.15, -0.1) is 0 Å². The Hall–Kier alpha value is -2.66. The van der Waals surface area contributed by atoms with Crippen LogP contribution in [0, 0.1) is 0 Å². The molecule has 0 aromatic heterocycles. The summed E-state index contributed by atoms with van der Waals surface area (Å²) in [6.45, 7) is 4.84. The Morgan fingerprint density at radius 3 is 2.35 bits per heavy atom. The van der Waals surface area contributed by atoms with Crippen molar-refractivity contribution in [1.82, 2.24) is 10.2 Å². The van der Waals surface area contributed by atoms with Gasteiger partial charge in [-0.25, -0.2) is 0 Å². The number of carbonyl (C=O) groups is 2. The van der Waals surface area contributed by atoms with Crippen LogP contribution in [-0.2, 0) is 9.53 Å². The first-order valence-corrected chi connectivity index (χ1v) is 8.78. The van der Waals surface area contributed by atoms with Gasteiger partial charge in [-0.3, -0.25) is 9.59 Å². The van der Waals surface area contributed by atoms with Gasteiger partial charge in [0.05, 0.1) is 25.2 Å². The molecule has 2 amide bonds. The van der Waals surface area contributed by atoms with Crippen molar-refractivity contribution in [2.24, 2.45) is 0 Å². The number of hydrogen-bond acceptors (Lipinski definition) is 3. The van der Waals surface area contributed by atoms with Crippen molar-refractivity contribution in [2.75, 3.05) is 19.7 Å². The Balaban J connectivity index is 1.65. The van der Waals surface area contributed by atoms with Crippen molar-refractivity contribution >= 4 is 11.8 Å². The number of nitrogens with zero attached hydrogens (tertiary/aromatic N) is 1. The van der Waals surface area contributed by atoms with Gasteiger partial charge in [0.1, 0.15) is 6.10 Å². The zero-order chi connectivity index (χ0) is 18.6. The molecule has 0 saturated carbocycles. The van der Waals surface area contributed by atoms with Crippen LogP contribution >= 0.6 is 0 Å². The highest BCUT2D eigenvalue weighted by molar-refractivity contribution is 5.96. The van der Waals surface area contributed by atoms with Gasteiger partial charge >= 0.3 is 0 Å². The van der Waals surface area contributed by atoms with E-state index in [1.165, 1.54) is 0 Å². The molecule has 0 aliphatic carbocycles. The quantitative estimate of drug-likeness (QED) is 0.920. The Kier molecular flexibility index (Phi) is 5.38. The minimum Gasteiger partial charge on any atom is -0.369 e. The minimum absolute atomic E-state index is 0.0291. The lowest BCUT2D eigenvalue weighted by Gasteiger charge is -2.45. The van der Waals surface area contributed by atoms with E-state index in [2.05, 4.69) is 5.32 Å². The van der Waals surface area contributed by atoms with Gasteiger partial charge in [0.15, 0.2) is 0 Å². The fourth-order valence-electron chi connectivity index (χ4n) is 3.10. The van der Waals surface area contributed by atoms with Gasteiger partial charge in [-0.2, -0.15) is 0 Å². The average molecular weight is 352 g/mol. The Morgan fingerprint density at radius 1 is 1.08 bits per heavy atom. The first-order valence-electron chi connectivity index (χ1n) is 8.78. The van der Waals surface area contributed by atoms with Crippen molar-refractivity contribution < 1.29 is 14.3 Å². The molecule has 2 aromatic carbocycles. The molecule has 0 radical (unpaired) electrons. The summed E-state index contributed by atoms with van der Waals surface area (Å²) < 4.78 is 5.97. The van der Waals surface area contributed by atoms with Gasteiger partial charge in [0.25, 0.3) is 5.91 Å². The van der Waals surface area contributed by atoms with Crippen LogP contribution in [0.4, 0.5) is 0 Å². The van der Waals surface area contributed by atoms with Crippen LogP contribution in [0.2, 0.25) is 0 Å². The molecule has 5 nitrogen and oxygen atoms in total. The Bertz CT molecular complexity index is 759. The van der Waals surface area contributed by atoms with Gasteiger partial charge < -0.3 is 15.0 Å². The monoisotopic (exact) mass is 352 g/mol. The smallest absolute Gasteiger partial charge is 0.251 e. The fourth-order valence-corrected chi connectivity index (χ4v) is 3.10. The lowest BCUT2D eigenvalue weighted by Crippen LogP contribution is -2.58. The molecule has 3 rings (SSSR count). The second-order valence-electron chi connectivity index (χ2n) is 7.08. The topological polar surface area (TPSA) is 58.6 Å². The molecular formula is C21H24N2O3. The highest BCUT2D eigenvalue weighted by atomic mass is 16.5. The normalized spacial score (nSPS) is 19.0. The zero-order valence-corrected chi connectivity index (χ0v) is 15.1. The lowest BCUT2D eigenvalue weighted by atomic mass is 9.98. The van der Waals surface area contributed by atoms with E-state index < -0.39 is 5.54 Å². The van der Waals surface area contributed by atoms with Crippen LogP contribution in [0.25, 0.3) is 0 Å². The Labute approximate surface area is 154 Å². The number of nitrogens with one attached hydrogen (secondary N) is 1. The molecule has 1 aliphatic rings. The van der Waals surface area contributed by atoms with Gasteiger partial charge in [0, 0.05) is 5.56 Å². The molecule has 0 bridgehead atoms. The first kappa shape index (κ1) is 18.1. The molecular weight excluding hydrogens is 328 g/mol. The van der Waals surface area contributed by atoms with Crippen LogP contribution in [0.3, 0.4) is 0 Å². The van der Waals surface area contributed by atoms with E-state index >= 15 is 0 Å². The van der Waals surface area contributed by atoms with E-state index in [-0.39, 0.29) is 24.5 Å². The molecule has 1 unspecified atom stereocenters. The van der Waals surface area contributed by atoms with E-state index in [4.69, 9.17) is 4.74 Å². The van der Waals surface area contributed by atoms with E-state index in [9.17, 15) is 9.59 Å². The molecule has 26 heavy (non-hydrogen) atoms. The van der Waals surface area contributed by atoms with E-state index in [1.54, 1.807) is 29.2 Å². The van der Waals surface area contributed by atoms with Gasteiger partial charge in [0.2, 0.25) is 5.91 Å². The van der Waals surface area contributed by atoms with Crippen molar-refractivity contribution in [3.05, 3.63) is 71.8 Å². The van der Waals surface area contributed by atoms with Crippen LogP contribution in [0.5, 0.6) is 0 Å². The summed E-state index contributed by atoms with van der Waals surface area (Å²) in [5.41, 5.74) is 1.18. The number of amides is 2.